The highest BCUT2D eigenvalue weighted by Crippen LogP contribution is 2.39. The van der Waals surface area contributed by atoms with Crippen LogP contribution in [0, 0.1) is 5.92 Å². The van der Waals surface area contributed by atoms with Crippen molar-refractivity contribution in [2.45, 2.75) is 39.2 Å². The summed E-state index contributed by atoms with van der Waals surface area (Å²) in [5.41, 5.74) is 3.45. The molecule has 3 aromatic rings. The highest BCUT2D eigenvalue weighted by Gasteiger charge is 2.42. The molecule has 1 aliphatic carbocycles. The smallest absolute Gasteiger partial charge is 0.329 e. The average Bonchev–Trinajstić information content (AvgIpc) is 3.26. The third-order valence-electron chi connectivity index (χ3n) is 6.69. The zero-order valence-electron chi connectivity index (χ0n) is 19.5. The number of ether oxygens (including phenoxy) is 1. The van der Waals surface area contributed by atoms with Gasteiger partial charge in [-0.25, -0.2) is 4.79 Å². The maximum atomic E-state index is 13.6. The van der Waals surface area contributed by atoms with Gasteiger partial charge in [0.2, 0.25) is 0 Å². The Kier molecular flexibility index (Phi) is 5.93. The number of rotatable bonds is 7. The number of nitrogens with zero attached hydrogens (tertiary/aromatic N) is 1. The van der Waals surface area contributed by atoms with Gasteiger partial charge in [0.25, 0.3) is 11.8 Å². The first kappa shape index (κ1) is 23.2. The van der Waals surface area contributed by atoms with Crippen LogP contribution in [-0.4, -0.2) is 41.1 Å². The number of imide groups is 1. The number of ketones is 1. The molecule has 1 heterocycles. The van der Waals surface area contributed by atoms with Crippen LogP contribution in [0.5, 0.6) is 0 Å². The number of hydrogen-bond acceptors (Lipinski definition) is 5. The largest absolute Gasteiger partial charge is 0.456 e. The van der Waals surface area contributed by atoms with E-state index in [1.807, 2.05) is 26.0 Å². The molecule has 2 amide bonds. The van der Waals surface area contributed by atoms with Gasteiger partial charge in [0, 0.05) is 27.1 Å². The molecule has 6 nitrogen and oxygen atoms in total. The van der Waals surface area contributed by atoms with Crippen LogP contribution in [0.15, 0.2) is 48.5 Å². The molecular weight excluding hydrogens is 466 g/mol. The zero-order valence-corrected chi connectivity index (χ0v) is 20.2. The molecule has 0 bridgehead atoms. The van der Waals surface area contributed by atoms with Gasteiger partial charge in [-0.05, 0) is 78.1 Å². The van der Waals surface area contributed by atoms with E-state index >= 15 is 0 Å². The van der Waals surface area contributed by atoms with Crippen LogP contribution in [0.1, 0.15) is 62.5 Å². The SMILES string of the molecule is CC(C)C[C@@H](C(=O)OCC(=O)c1ccc(Cl)cc1)N1C(=O)c2ccc3c4c(ccc(c24)C1=O)CC3. The molecule has 0 radical (unpaired) electrons. The minimum atomic E-state index is -1.14. The highest BCUT2D eigenvalue weighted by atomic mass is 35.5. The summed E-state index contributed by atoms with van der Waals surface area (Å²) in [6, 6.07) is 12.5. The zero-order chi connectivity index (χ0) is 24.9. The van der Waals surface area contributed by atoms with Crippen LogP contribution < -0.4 is 0 Å². The van der Waals surface area contributed by atoms with E-state index in [0.29, 0.717) is 27.1 Å². The summed E-state index contributed by atoms with van der Waals surface area (Å²) in [5, 5.41) is 2.15. The summed E-state index contributed by atoms with van der Waals surface area (Å²) >= 11 is 5.87. The predicted molar refractivity (Wildman–Crippen MR) is 132 cm³/mol. The normalized spacial score (nSPS) is 15.1. The fourth-order valence-electron chi connectivity index (χ4n) is 5.03. The molecule has 7 heteroatoms. The van der Waals surface area contributed by atoms with Crippen molar-refractivity contribution in [3.63, 3.8) is 0 Å². The molecule has 0 unspecified atom stereocenters. The van der Waals surface area contributed by atoms with Crippen LogP contribution in [0.3, 0.4) is 0 Å². The lowest BCUT2D eigenvalue weighted by molar-refractivity contribution is -0.147. The summed E-state index contributed by atoms with van der Waals surface area (Å²) in [7, 11) is 0. The van der Waals surface area contributed by atoms with E-state index in [9.17, 15) is 19.2 Å². The standard InChI is InChI=1S/C28H24ClNO5/c1-15(2)13-22(28(34)35-14-23(31)16-5-9-19(29)10-6-16)30-26(32)20-11-7-17-3-4-18-8-12-21(27(30)33)25(20)24(17)18/h5-12,15,22H,3-4,13-14H2,1-2H3/t22-/m0/s1. The molecule has 2 aliphatic rings. The van der Waals surface area contributed by atoms with E-state index < -0.39 is 36.2 Å². The second kappa shape index (κ2) is 8.93. The van der Waals surface area contributed by atoms with E-state index in [0.717, 1.165) is 34.3 Å². The van der Waals surface area contributed by atoms with Crippen LogP contribution >= 0.6 is 11.6 Å². The number of amides is 2. The van der Waals surface area contributed by atoms with E-state index in [1.54, 1.807) is 36.4 Å². The molecule has 0 spiro atoms. The predicted octanol–water partition coefficient (Wildman–Crippen LogP) is 5.03. The third-order valence-corrected chi connectivity index (χ3v) is 6.94. The number of hydrogen-bond donors (Lipinski definition) is 0. The third kappa shape index (κ3) is 4.02. The summed E-state index contributed by atoms with van der Waals surface area (Å²) in [4.78, 5) is 53.9. The van der Waals surface area contributed by atoms with Crippen molar-refractivity contribution in [3.05, 3.63) is 81.4 Å². The molecule has 0 saturated heterocycles. The molecular formula is C28H24ClNO5. The maximum Gasteiger partial charge on any atom is 0.329 e. The van der Waals surface area contributed by atoms with Crippen LogP contribution in [0.4, 0.5) is 0 Å². The first-order valence-electron chi connectivity index (χ1n) is 11.7. The van der Waals surface area contributed by atoms with Gasteiger partial charge in [-0.15, -0.1) is 0 Å². The van der Waals surface area contributed by atoms with Gasteiger partial charge in [0.1, 0.15) is 6.04 Å². The first-order valence-corrected chi connectivity index (χ1v) is 12.0. The number of esters is 1. The molecule has 0 N–H and O–H groups in total. The van der Waals surface area contributed by atoms with Gasteiger partial charge >= 0.3 is 5.97 Å². The Morgan fingerprint density at radius 1 is 0.886 bits per heavy atom. The Hall–Kier alpha value is -3.51. The van der Waals surface area contributed by atoms with Gasteiger partial charge in [0.15, 0.2) is 12.4 Å². The van der Waals surface area contributed by atoms with Crippen molar-refractivity contribution >= 4 is 45.9 Å². The second-order valence-electron chi connectivity index (χ2n) is 9.46. The van der Waals surface area contributed by atoms with Gasteiger partial charge in [0.05, 0.1) is 0 Å². The van der Waals surface area contributed by atoms with Crippen molar-refractivity contribution < 1.29 is 23.9 Å². The molecule has 5 rings (SSSR count). The van der Waals surface area contributed by atoms with Crippen molar-refractivity contribution in [2.24, 2.45) is 5.92 Å². The van der Waals surface area contributed by atoms with Crippen molar-refractivity contribution in [2.75, 3.05) is 6.61 Å². The molecule has 0 aromatic heterocycles. The second-order valence-corrected chi connectivity index (χ2v) is 9.89. The van der Waals surface area contributed by atoms with E-state index in [4.69, 9.17) is 16.3 Å². The lowest BCUT2D eigenvalue weighted by Crippen LogP contribution is -2.51. The van der Waals surface area contributed by atoms with E-state index in [-0.39, 0.29) is 12.3 Å². The lowest BCUT2D eigenvalue weighted by atomic mass is 9.89. The number of benzene rings is 3. The summed E-state index contributed by atoms with van der Waals surface area (Å²) in [6.45, 7) is 3.30. The molecule has 0 fully saturated rings. The van der Waals surface area contributed by atoms with Gasteiger partial charge in [-0.3, -0.25) is 19.3 Å². The molecule has 0 saturated carbocycles. The summed E-state index contributed by atoms with van der Waals surface area (Å²) < 4.78 is 5.34. The average molecular weight is 490 g/mol. The van der Waals surface area contributed by atoms with Crippen molar-refractivity contribution in [3.8, 4) is 0 Å². The molecule has 35 heavy (non-hydrogen) atoms. The van der Waals surface area contributed by atoms with Crippen LogP contribution in [-0.2, 0) is 22.4 Å². The van der Waals surface area contributed by atoms with E-state index in [1.165, 1.54) is 0 Å². The van der Waals surface area contributed by atoms with E-state index in [2.05, 4.69) is 0 Å². The number of carbonyl (C=O) groups excluding carboxylic acids is 4. The minimum absolute atomic E-state index is 0.00614. The monoisotopic (exact) mass is 489 g/mol. The van der Waals surface area contributed by atoms with Gasteiger partial charge < -0.3 is 4.74 Å². The summed E-state index contributed by atoms with van der Waals surface area (Å²) in [6.07, 6.45) is 1.98. The number of carbonyl (C=O) groups is 4. The molecule has 178 valence electrons. The van der Waals surface area contributed by atoms with Gasteiger partial charge in [-0.1, -0.05) is 37.6 Å². The molecule has 1 atom stereocenters. The van der Waals surface area contributed by atoms with Crippen molar-refractivity contribution in [1.29, 1.82) is 0 Å². The fourth-order valence-corrected chi connectivity index (χ4v) is 5.15. The lowest BCUT2D eigenvalue weighted by Gasteiger charge is -2.33. The number of halogens is 1. The topological polar surface area (TPSA) is 80.8 Å². The summed E-state index contributed by atoms with van der Waals surface area (Å²) in [5.74, 6) is -2.20. The van der Waals surface area contributed by atoms with Gasteiger partial charge in [-0.2, -0.15) is 0 Å². The van der Waals surface area contributed by atoms with Crippen LogP contribution in [0.2, 0.25) is 5.02 Å². The number of aryl methyl sites for hydroxylation is 2. The Labute approximate surface area is 207 Å². The Balaban J connectivity index is 1.44. The van der Waals surface area contributed by atoms with Crippen molar-refractivity contribution in [1.82, 2.24) is 4.90 Å². The maximum absolute atomic E-state index is 13.6. The first-order chi connectivity index (χ1) is 16.8. The minimum Gasteiger partial charge on any atom is -0.456 e. The highest BCUT2D eigenvalue weighted by molar-refractivity contribution is 6.30. The Morgan fingerprint density at radius 3 is 2.00 bits per heavy atom. The Bertz CT molecular complexity index is 1330. The van der Waals surface area contributed by atoms with Crippen LogP contribution in [0.25, 0.3) is 10.8 Å². The molecule has 1 aliphatic heterocycles. The number of Topliss-reactive ketones (excluding diaryl/α,β-unsaturated/α-hetero) is 1. The quantitative estimate of drug-likeness (QED) is 0.264. The fraction of sp³-hybridized carbons (Fsp3) is 0.286. The Morgan fingerprint density at radius 2 is 1.46 bits per heavy atom. The molecule has 3 aromatic carbocycles.